The molecule has 6 aromatic carbocycles. The number of amides is 2. The third-order valence-electron chi connectivity index (χ3n) is 12.0. The molecule has 0 fully saturated rings. The second kappa shape index (κ2) is 20.6. The Balaban J connectivity index is 1.18. The van der Waals surface area contributed by atoms with E-state index in [1.54, 1.807) is 40.4 Å². The van der Waals surface area contributed by atoms with Gasteiger partial charge in [-0.25, -0.2) is 4.79 Å². The number of alkyl halides is 3. The summed E-state index contributed by atoms with van der Waals surface area (Å²) >= 11 is 0. The first-order valence-electron chi connectivity index (χ1n) is 22.3. The van der Waals surface area contributed by atoms with E-state index in [4.69, 9.17) is 23.7 Å². The van der Waals surface area contributed by atoms with Crippen molar-refractivity contribution >= 4 is 40.4 Å². The molecule has 10 nitrogen and oxygen atoms in total. The Morgan fingerprint density at radius 1 is 0.735 bits per heavy atom. The zero-order chi connectivity index (χ0) is 48.8. The number of nitrogens with zero attached hydrogens (tertiary/aromatic N) is 1. The lowest BCUT2D eigenvalue weighted by Gasteiger charge is -2.35. The van der Waals surface area contributed by atoms with Gasteiger partial charge >= 0.3 is 12.2 Å². The molecule has 7 rings (SSSR count). The topological polar surface area (TPSA) is 114 Å². The van der Waals surface area contributed by atoms with Gasteiger partial charge in [0.05, 0.1) is 64.1 Å². The van der Waals surface area contributed by atoms with Crippen LogP contribution in [0.4, 0.5) is 29.3 Å². The first-order chi connectivity index (χ1) is 32.4. The van der Waals surface area contributed by atoms with E-state index in [9.17, 15) is 18.0 Å². The second-order valence-electron chi connectivity index (χ2n) is 17.9. The predicted molar refractivity (Wildman–Crippen MR) is 268 cm³/mol. The summed E-state index contributed by atoms with van der Waals surface area (Å²) in [6.45, 7) is 14.9. The molecule has 0 aliphatic heterocycles. The van der Waals surface area contributed by atoms with Gasteiger partial charge in [-0.2, -0.15) is 13.2 Å². The lowest BCUT2D eigenvalue weighted by Crippen LogP contribution is -2.46. The Morgan fingerprint density at radius 3 is 1.82 bits per heavy atom. The highest BCUT2D eigenvalue weighted by Crippen LogP contribution is 2.48. The normalized spacial score (nSPS) is 15.0. The zero-order valence-electron chi connectivity index (χ0n) is 39.6. The number of ether oxygens (including phenoxy) is 4. The molecule has 0 aromatic heterocycles. The van der Waals surface area contributed by atoms with Gasteiger partial charge in [0, 0.05) is 28.0 Å². The van der Waals surface area contributed by atoms with E-state index in [1.807, 2.05) is 61.5 Å². The predicted octanol–water partition coefficient (Wildman–Crippen LogP) is 11.3. The number of benzene rings is 6. The number of methoxy groups -OCH3 is 3. The summed E-state index contributed by atoms with van der Waals surface area (Å²) in [6, 6.07) is 40.1. The van der Waals surface area contributed by atoms with E-state index in [2.05, 4.69) is 97.1 Å². The van der Waals surface area contributed by atoms with Gasteiger partial charge in [-0.1, -0.05) is 57.7 Å². The SMILES string of the molecule is C=C(N[C@@H]1c2ccccc2C[C@H]1Oc1ccc(C)cc1NC(=O)Nc1cc(C)cc(C(F)(F)F)c1)N[C@H](CN=P(c1ccc(OC)cc1)(c1ccc(OC)cc1)c1ccc(OC)cc1)C(C)(C)C. The highest BCUT2D eigenvalue weighted by Gasteiger charge is 2.37. The number of fused-ring (bicyclic) bond motifs is 1. The molecule has 1 aliphatic carbocycles. The largest absolute Gasteiger partial charge is 0.497 e. The summed E-state index contributed by atoms with van der Waals surface area (Å²) in [4.78, 5) is 13.3. The first kappa shape index (κ1) is 49.1. The highest BCUT2D eigenvalue weighted by molar-refractivity contribution is 7.87. The minimum Gasteiger partial charge on any atom is -0.497 e. The van der Waals surface area contributed by atoms with Crippen LogP contribution in [0.3, 0.4) is 0 Å². The van der Waals surface area contributed by atoms with Gasteiger partial charge < -0.3 is 40.2 Å². The minimum atomic E-state index is -4.57. The maximum atomic E-state index is 13.6. The van der Waals surface area contributed by atoms with Crippen LogP contribution in [0.1, 0.15) is 54.6 Å². The van der Waals surface area contributed by atoms with Crippen LogP contribution in [0.25, 0.3) is 0 Å². The van der Waals surface area contributed by atoms with E-state index >= 15 is 0 Å². The number of hydrogen-bond acceptors (Lipinski definition) is 8. The third kappa shape index (κ3) is 11.3. The van der Waals surface area contributed by atoms with Gasteiger partial charge in [-0.15, -0.1) is 0 Å². The second-order valence-corrected chi connectivity index (χ2v) is 21.0. The lowest BCUT2D eigenvalue weighted by molar-refractivity contribution is -0.137. The van der Waals surface area contributed by atoms with Crippen LogP contribution in [0.2, 0.25) is 0 Å². The maximum Gasteiger partial charge on any atom is 0.416 e. The molecular weight excluding hydrogens is 887 g/mol. The van der Waals surface area contributed by atoms with Crippen LogP contribution < -0.4 is 56.1 Å². The minimum absolute atomic E-state index is 0.0163. The molecule has 0 unspecified atom stereocenters. The quantitative estimate of drug-likeness (QED) is 0.0715. The van der Waals surface area contributed by atoms with Gasteiger partial charge in [0.2, 0.25) is 0 Å². The highest BCUT2D eigenvalue weighted by atomic mass is 31.2. The van der Waals surface area contributed by atoms with Crippen molar-refractivity contribution in [3.8, 4) is 23.0 Å². The van der Waals surface area contributed by atoms with Crippen LogP contribution >= 0.6 is 7.05 Å². The van der Waals surface area contributed by atoms with Crippen molar-refractivity contribution in [1.82, 2.24) is 10.6 Å². The maximum absolute atomic E-state index is 13.6. The van der Waals surface area contributed by atoms with Crippen molar-refractivity contribution in [1.29, 1.82) is 0 Å². The van der Waals surface area contributed by atoms with E-state index < -0.39 is 30.9 Å². The Bertz CT molecular complexity index is 2670. The molecular formula is C54H59F3N5O5P. The van der Waals surface area contributed by atoms with Crippen LogP contribution in [0.15, 0.2) is 151 Å². The average Bonchev–Trinajstić information content (AvgIpc) is 3.65. The van der Waals surface area contributed by atoms with Crippen molar-refractivity contribution in [3.05, 3.63) is 174 Å². The average molecular weight is 946 g/mol. The number of halogens is 3. The molecule has 356 valence electrons. The third-order valence-corrected chi connectivity index (χ3v) is 15.8. The number of hydrogen-bond donors (Lipinski definition) is 4. The van der Waals surface area contributed by atoms with Crippen LogP contribution in [0.5, 0.6) is 23.0 Å². The molecule has 0 saturated heterocycles. The van der Waals surface area contributed by atoms with E-state index in [-0.39, 0.29) is 23.2 Å². The fourth-order valence-corrected chi connectivity index (χ4v) is 11.9. The van der Waals surface area contributed by atoms with Crippen LogP contribution in [-0.4, -0.2) is 46.1 Å². The Labute approximate surface area is 397 Å². The number of carbonyl (C=O) groups excluding carboxylic acids is 1. The molecule has 2 amide bonds. The Hall–Kier alpha value is -6.85. The van der Waals surface area contributed by atoms with E-state index in [1.165, 1.54) is 6.07 Å². The monoisotopic (exact) mass is 945 g/mol. The Kier molecular flexibility index (Phi) is 14.8. The molecule has 0 bridgehead atoms. The van der Waals surface area contributed by atoms with Gasteiger partial charge in [0.15, 0.2) is 0 Å². The number of rotatable bonds is 16. The molecule has 0 heterocycles. The summed E-state index contributed by atoms with van der Waals surface area (Å²) in [7, 11) is 2.25. The molecule has 4 N–H and O–H groups in total. The summed E-state index contributed by atoms with van der Waals surface area (Å²) < 4.78 is 70.1. The molecule has 0 radical (unpaired) electrons. The fourth-order valence-electron chi connectivity index (χ4n) is 8.42. The number of nitrogens with one attached hydrogen (secondary N) is 4. The first-order valence-corrected chi connectivity index (χ1v) is 24.0. The van der Waals surface area contributed by atoms with Crippen molar-refractivity contribution in [2.24, 2.45) is 10.2 Å². The van der Waals surface area contributed by atoms with Crippen LogP contribution in [0, 0.1) is 19.3 Å². The molecule has 0 spiro atoms. The molecule has 68 heavy (non-hydrogen) atoms. The summed E-state index contributed by atoms with van der Waals surface area (Å²) in [5.74, 6) is 3.21. The van der Waals surface area contributed by atoms with Crippen molar-refractivity contribution in [3.63, 3.8) is 0 Å². The standard InChI is InChI=1S/C54H59F3N5O5P/c1-34-14-27-48(47(30-34)62-52(63)61-39-29-35(2)28-38(32-39)54(55,56)57)67-49-31-37-12-10-11-13-46(37)51(49)60-36(3)59-50(53(4,5)6)33-58-68(43-21-15-40(64-7)16-22-43,44-23-17-41(65-8)18-24-44)45-25-19-42(66-9)20-26-45/h10-30,32,49-51,59-60H,3,31,33H2,1-2,4-9H3,(H2,61,62,63)/t49-,50-,51-/m1/s1. The molecule has 14 heteroatoms. The van der Waals surface area contributed by atoms with Crippen molar-refractivity contribution < 1.29 is 36.9 Å². The van der Waals surface area contributed by atoms with E-state index in [0.29, 0.717) is 35.8 Å². The molecule has 0 saturated carbocycles. The van der Waals surface area contributed by atoms with Gasteiger partial charge in [-0.3, -0.25) is 4.74 Å². The van der Waals surface area contributed by atoms with Crippen molar-refractivity contribution in [2.75, 3.05) is 38.5 Å². The summed E-state index contributed by atoms with van der Waals surface area (Å²) in [5.41, 5.74) is 2.57. The molecule has 6 aromatic rings. The number of urea groups is 1. The number of anilines is 2. The smallest absolute Gasteiger partial charge is 0.416 e. The number of carbonyl (C=O) groups is 1. The van der Waals surface area contributed by atoms with Gasteiger partial charge in [0.1, 0.15) is 29.1 Å². The van der Waals surface area contributed by atoms with Gasteiger partial charge in [0.25, 0.3) is 0 Å². The lowest BCUT2D eigenvalue weighted by atomic mass is 9.87. The molecule has 3 atom stereocenters. The van der Waals surface area contributed by atoms with Gasteiger partial charge in [-0.05, 0) is 145 Å². The summed E-state index contributed by atoms with van der Waals surface area (Å²) in [5, 5.41) is 15.9. The zero-order valence-corrected chi connectivity index (χ0v) is 40.5. The number of aryl methyl sites for hydroxylation is 2. The van der Waals surface area contributed by atoms with Crippen LogP contribution in [-0.2, 0) is 12.6 Å². The Morgan fingerprint density at radius 2 is 1.29 bits per heavy atom. The summed E-state index contributed by atoms with van der Waals surface area (Å²) in [6.07, 6.45) is -4.45. The molecule has 1 aliphatic rings. The fraction of sp³-hybridized carbons (Fsp3) is 0.278. The van der Waals surface area contributed by atoms with E-state index in [0.717, 1.165) is 62.0 Å². The van der Waals surface area contributed by atoms with Crippen molar-refractivity contribution in [2.45, 2.75) is 65.4 Å².